The van der Waals surface area contributed by atoms with Crippen molar-refractivity contribution in [3.63, 3.8) is 0 Å². The van der Waals surface area contributed by atoms with Gasteiger partial charge in [-0.3, -0.25) is 19.7 Å². The topological polar surface area (TPSA) is 131 Å². The maximum atomic E-state index is 12.8. The quantitative estimate of drug-likeness (QED) is 0.470. The van der Waals surface area contributed by atoms with E-state index in [1.54, 1.807) is 43.7 Å². The first kappa shape index (κ1) is 24.6. The minimum Gasteiger partial charge on any atom is -0.481 e. The number of aromatic nitrogens is 2. The highest BCUT2D eigenvalue weighted by Crippen LogP contribution is 2.26. The number of carbonyl (C=O) groups is 3. The van der Waals surface area contributed by atoms with Gasteiger partial charge in [-0.1, -0.05) is 0 Å². The van der Waals surface area contributed by atoms with Gasteiger partial charge in [-0.15, -0.1) is 11.3 Å². The molecule has 0 bridgehead atoms. The largest absolute Gasteiger partial charge is 0.481 e. The van der Waals surface area contributed by atoms with E-state index >= 15 is 0 Å². The summed E-state index contributed by atoms with van der Waals surface area (Å²) in [6.45, 7) is 3.66. The fourth-order valence-corrected chi connectivity index (χ4v) is 3.49. The molecule has 2 N–H and O–H groups in total. The molecule has 3 rings (SSSR count). The Morgan fingerprint density at radius 1 is 1.06 bits per heavy atom. The molecular weight excluding hydrogens is 460 g/mol. The number of ether oxygens (including phenoxy) is 2. The van der Waals surface area contributed by atoms with Crippen LogP contribution in [-0.2, 0) is 11.2 Å². The third-order valence-electron chi connectivity index (χ3n) is 4.23. The Morgan fingerprint density at radius 3 is 2.35 bits per heavy atom. The number of nitrogens with one attached hydrogen (secondary N) is 1. The number of pyridine rings is 1. The number of carbonyl (C=O) groups excluding carboxylic acids is 2. The van der Waals surface area contributed by atoms with Crippen LogP contribution in [0.15, 0.2) is 41.8 Å². The number of hydrogen-bond donors (Lipinski definition) is 2. The Kier molecular flexibility index (Phi) is 7.79. The van der Waals surface area contributed by atoms with Crippen molar-refractivity contribution in [3.8, 4) is 17.5 Å². The number of carboxylic acids is 1. The summed E-state index contributed by atoms with van der Waals surface area (Å²) in [5.74, 6) is -0.875. The van der Waals surface area contributed by atoms with Gasteiger partial charge in [-0.2, -0.15) is 4.98 Å². The molecule has 10 nitrogen and oxygen atoms in total. The standard InChI is InChI=1S/C23H24N4O6S/c1-13(2)32-18-9-15(21(30)26-23-24-16(12-34-23)11-20(28)29)10-19(25-18)33-17-7-5-14(6-8-17)22(31)27(3)4/h5-10,12-13H,11H2,1-4H3,(H,28,29)(H,24,26,30). The number of anilines is 1. The van der Waals surface area contributed by atoms with Crippen LogP contribution in [0.3, 0.4) is 0 Å². The van der Waals surface area contributed by atoms with E-state index in [0.717, 1.165) is 11.3 Å². The first-order valence-corrected chi connectivity index (χ1v) is 11.1. The molecule has 0 saturated carbocycles. The van der Waals surface area contributed by atoms with Gasteiger partial charge in [0.15, 0.2) is 5.13 Å². The van der Waals surface area contributed by atoms with Crippen molar-refractivity contribution in [2.75, 3.05) is 19.4 Å². The summed E-state index contributed by atoms with van der Waals surface area (Å²) in [4.78, 5) is 45.6. The van der Waals surface area contributed by atoms with Crippen LogP contribution in [0.5, 0.6) is 17.5 Å². The molecule has 2 heterocycles. The molecule has 2 aromatic heterocycles. The van der Waals surface area contributed by atoms with Crippen LogP contribution in [0, 0.1) is 0 Å². The maximum absolute atomic E-state index is 12.8. The van der Waals surface area contributed by atoms with Crippen LogP contribution in [-0.4, -0.2) is 58.0 Å². The molecule has 0 aliphatic heterocycles. The summed E-state index contributed by atoms with van der Waals surface area (Å²) in [6.07, 6.45) is -0.419. The van der Waals surface area contributed by atoms with Crippen molar-refractivity contribution in [1.82, 2.24) is 14.9 Å². The van der Waals surface area contributed by atoms with Gasteiger partial charge in [0.05, 0.1) is 23.8 Å². The van der Waals surface area contributed by atoms with E-state index in [-0.39, 0.29) is 40.9 Å². The van der Waals surface area contributed by atoms with Gasteiger partial charge in [0.25, 0.3) is 11.8 Å². The second-order valence-corrected chi connectivity index (χ2v) is 8.55. The van der Waals surface area contributed by atoms with Gasteiger partial charge in [0.1, 0.15) is 5.75 Å². The summed E-state index contributed by atoms with van der Waals surface area (Å²) in [5.41, 5.74) is 1.08. The average molecular weight is 485 g/mol. The predicted molar refractivity (Wildman–Crippen MR) is 126 cm³/mol. The number of nitrogens with zero attached hydrogens (tertiary/aromatic N) is 3. The molecule has 1 aromatic carbocycles. The monoisotopic (exact) mass is 484 g/mol. The van der Waals surface area contributed by atoms with E-state index in [2.05, 4.69) is 15.3 Å². The molecule has 178 valence electrons. The number of benzene rings is 1. The molecular formula is C23H24N4O6S. The van der Waals surface area contributed by atoms with Gasteiger partial charge in [0.2, 0.25) is 11.8 Å². The van der Waals surface area contributed by atoms with Crippen molar-refractivity contribution in [3.05, 3.63) is 58.6 Å². The lowest BCUT2D eigenvalue weighted by Crippen LogP contribution is -2.21. The highest BCUT2D eigenvalue weighted by Gasteiger charge is 2.16. The van der Waals surface area contributed by atoms with E-state index in [1.165, 1.54) is 17.0 Å². The Hall–Kier alpha value is -3.99. The molecule has 0 aliphatic rings. The van der Waals surface area contributed by atoms with Crippen molar-refractivity contribution in [1.29, 1.82) is 0 Å². The number of rotatable bonds is 9. The molecule has 0 spiro atoms. The number of amides is 2. The van der Waals surface area contributed by atoms with Crippen LogP contribution in [0.4, 0.5) is 5.13 Å². The summed E-state index contributed by atoms with van der Waals surface area (Å²) in [7, 11) is 3.34. The zero-order valence-electron chi connectivity index (χ0n) is 19.1. The molecule has 3 aromatic rings. The molecule has 0 saturated heterocycles. The predicted octanol–water partition coefficient (Wildman–Crippen LogP) is 3.70. The molecule has 34 heavy (non-hydrogen) atoms. The molecule has 0 radical (unpaired) electrons. The summed E-state index contributed by atoms with van der Waals surface area (Å²) >= 11 is 1.13. The summed E-state index contributed by atoms with van der Waals surface area (Å²) in [6, 6.07) is 9.47. The molecule has 2 amide bonds. The Morgan fingerprint density at radius 2 is 1.74 bits per heavy atom. The van der Waals surface area contributed by atoms with Crippen LogP contribution in [0.25, 0.3) is 0 Å². The fourth-order valence-electron chi connectivity index (χ4n) is 2.78. The summed E-state index contributed by atoms with van der Waals surface area (Å²) < 4.78 is 11.5. The first-order chi connectivity index (χ1) is 16.1. The van der Waals surface area contributed by atoms with Crippen LogP contribution in [0.1, 0.15) is 40.3 Å². The molecule has 0 fully saturated rings. The molecule has 0 unspecified atom stereocenters. The zero-order valence-corrected chi connectivity index (χ0v) is 19.9. The summed E-state index contributed by atoms with van der Waals surface area (Å²) in [5, 5.41) is 13.4. The normalized spacial score (nSPS) is 10.6. The Bertz CT molecular complexity index is 1190. The minimum atomic E-state index is -1.01. The highest BCUT2D eigenvalue weighted by molar-refractivity contribution is 7.14. The lowest BCUT2D eigenvalue weighted by molar-refractivity contribution is -0.136. The zero-order chi connectivity index (χ0) is 24.8. The number of thiazole rings is 1. The number of aliphatic carboxylic acids is 1. The van der Waals surface area contributed by atoms with E-state index in [4.69, 9.17) is 14.6 Å². The van der Waals surface area contributed by atoms with Crippen molar-refractivity contribution in [2.24, 2.45) is 0 Å². The van der Waals surface area contributed by atoms with E-state index in [9.17, 15) is 14.4 Å². The van der Waals surface area contributed by atoms with Crippen molar-refractivity contribution < 1.29 is 29.0 Å². The Balaban J connectivity index is 1.81. The SMILES string of the molecule is CC(C)Oc1cc(C(=O)Nc2nc(CC(=O)O)cs2)cc(Oc2ccc(C(=O)N(C)C)cc2)n1. The van der Waals surface area contributed by atoms with Crippen molar-refractivity contribution >= 4 is 34.3 Å². The van der Waals surface area contributed by atoms with Crippen LogP contribution >= 0.6 is 11.3 Å². The number of hydrogen-bond acceptors (Lipinski definition) is 8. The highest BCUT2D eigenvalue weighted by atomic mass is 32.1. The van der Waals surface area contributed by atoms with E-state index in [1.807, 2.05) is 13.8 Å². The second kappa shape index (κ2) is 10.8. The van der Waals surface area contributed by atoms with Crippen LogP contribution in [0.2, 0.25) is 0 Å². The molecule has 0 atom stereocenters. The molecule has 11 heteroatoms. The van der Waals surface area contributed by atoms with E-state index in [0.29, 0.717) is 17.0 Å². The lowest BCUT2D eigenvalue weighted by Gasteiger charge is -2.13. The smallest absolute Gasteiger partial charge is 0.309 e. The average Bonchev–Trinajstić information content (AvgIpc) is 3.19. The second-order valence-electron chi connectivity index (χ2n) is 7.69. The van der Waals surface area contributed by atoms with E-state index < -0.39 is 11.9 Å². The lowest BCUT2D eigenvalue weighted by atomic mass is 10.2. The molecule has 0 aliphatic carbocycles. The number of carboxylic acid groups (broad SMARTS) is 1. The van der Waals surface area contributed by atoms with Gasteiger partial charge >= 0.3 is 5.97 Å². The van der Waals surface area contributed by atoms with Crippen molar-refractivity contribution in [2.45, 2.75) is 26.4 Å². The fraction of sp³-hybridized carbons (Fsp3) is 0.261. The van der Waals surface area contributed by atoms with Gasteiger partial charge in [-0.05, 0) is 38.1 Å². The maximum Gasteiger partial charge on any atom is 0.309 e. The van der Waals surface area contributed by atoms with Gasteiger partial charge in [-0.25, -0.2) is 4.98 Å². The van der Waals surface area contributed by atoms with Gasteiger partial charge < -0.3 is 19.5 Å². The van der Waals surface area contributed by atoms with Gasteiger partial charge in [0, 0.05) is 37.2 Å². The minimum absolute atomic E-state index is 0.126. The Labute approximate surface area is 200 Å². The van der Waals surface area contributed by atoms with Crippen LogP contribution < -0.4 is 14.8 Å². The third-order valence-corrected chi connectivity index (χ3v) is 5.04. The first-order valence-electron chi connectivity index (χ1n) is 10.3. The third kappa shape index (κ3) is 6.75.